The molecule has 9 aromatic rings. The predicted octanol–water partition coefficient (Wildman–Crippen LogP) is 11.9. The van der Waals surface area contributed by atoms with Gasteiger partial charge >= 0.3 is 0 Å². The Morgan fingerprint density at radius 1 is 0.340 bits per heavy atom. The monoisotopic (exact) mass is 600 g/mol. The second-order valence-electron chi connectivity index (χ2n) is 11.8. The van der Waals surface area contributed by atoms with E-state index in [-0.39, 0.29) is 0 Å². The van der Waals surface area contributed by atoms with Gasteiger partial charge in [0.1, 0.15) is 11.2 Å². The lowest BCUT2D eigenvalue weighted by molar-refractivity contribution is 0.673. The number of rotatable bonds is 5. The largest absolute Gasteiger partial charge is 0.455 e. The highest BCUT2D eigenvalue weighted by Crippen LogP contribution is 2.41. The Morgan fingerprint density at radius 3 is 1.55 bits per heavy atom. The normalized spacial score (nSPS) is 11.4. The summed E-state index contributed by atoms with van der Waals surface area (Å²) in [5.41, 5.74) is 11.3. The lowest BCUT2D eigenvalue weighted by atomic mass is 9.94. The minimum absolute atomic E-state index is 0.713. The van der Waals surface area contributed by atoms with E-state index >= 15 is 0 Å². The summed E-state index contributed by atoms with van der Waals surface area (Å²) in [6.07, 6.45) is 0. The Morgan fingerprint density at radius 2 is 0.872 bits per heavy atom. The molecule has 0 N–H and O–H groups in total. The topological polar surface area (TPSA) is 38.9 Å². The average molecular weight is 601 g/mol. The van der Waals surface area contributed by atoms with Gasteiger partial charge in [0.2, 0.25) is 0 Å². The van der Waals surface area contributed by atoms with Gasteiger partial charge in [-0.05, 0) is 51.9 Å². The smallest absolute Gasteiger partial charge is 0.160 e. The van der Waals surface area contributed by atoms with Crippen molar-refractivity contribution in [1.29, 1.82) is 0 Å². The summed E-state index contributed by atoms with van der Waals surface area (Å²) in [5.74, 6) is 0.713. The van der Waals surface area contributed by atoms with Crippen LogP contribution in [0.5, 0.6) is 0 Å². The Balaban J connectivity index is 1.16. The molecule has 0 amide bonds. The molecule has 0 fully saturated rings. The summed E-state index contributed by atoms with van der Waals surface area (Å²) in [4.78, 5) is 9.98. The maximum absolute atomic E-state index is 6.58. The van der Waals surface area contributed by atoms with Crippen molar-refractivity contribution < 1.29 is 4.42 Å². The van der Waals surface area contributed by atoms with E-state index in [9.17, 15) is 0 Å². The van der Waals surface area contributed by atoms with Crippen molar-refractivity contribution in [3.63, 3.8) is 0 Å². The van der Waals surface area contributed by atoms with Crippen LogP contribution in [0, 0.1) is 0 Å². The highest BCUT2D eigenvalue weighted by molar-refractivity contribution is 6.19. The van der Waals surface area contributed by atoms with Crippen molar-refractivity contribution in [2.75, 3.05) is 0 Å². The fraction of sp³-hybridized carbons (Fsp3) is 0. The number of benzene rings is 7. The first kappa shape index (κ1) is 27.0. The molecule has 9 rings (SSSR count). The molecule has 2 aromatic heterocycles. The number of hydrogen-bond acceptors (Lipinski definition) is 3. The van der Waals surface area contributed by atoms with Gasteiger partial charge in [0.15, 0.2) is 5.82 Å². The minimum Gasteiger partial charge on any atom is -0.455 e. The molecule has 220 valence electrons. The zero-order valence-electron chi connectivity index (χ0n) is 25.5. The zero-order chi connectivity index (χ0) is 31.2. The van der Waals surface area contributed by atoms with E-state index in [1.54, 1.807) is 0 Å². The quantitative estimate of drug-likeness (QED) is 0.197. The zero-order valence-corrected chi connectivity index (χ0v) is 25.5. The number of nitrogens with zero attached hydrogens (tertiary/aromatic N) is 2. The Labute approximate surface area is 272 Å². The molecule has 0 atom stereocenters. The molecular weight excluding hydrogens is 572 g/mol. The van der Waals surface area contributed by atoms with Crippen molar-refractivity contribution in [1.82, 2.24) is 9.97 Å². The van der Waals surface area contributed by atoms with E-state index in [4.69, 9.17) is 14.4 Å². The van der Waals surface area contributed by atoms with Gasteiger partial charge in [-0.1, -0.05) is 146 Å². The van der Waals surface area contributed by atoms with Crippen LogP contribution in [-0.2, 0) is 0 Å². The third-order valence-electron chi connectivity index (χ3n) is 8.91. The van der Waals surface area contributed by atoms with Crippen LogP contribution in [0.15, 0.2) is 174 Å². The molecule has 0 aliphatic rings. The van der Waals surface area contributed by atoms with Crippen LogP contribution in [-0.4, -0.2) is 9.97 Å². The second-order valence-corrected chi connectivity index (χ2v) is 11.8. The van der Waals surface area contributed by atoms with Gasteiger partial charge in [-0.25, -0.2) is 9.97 Å². The lowest BCUT2D eigenvalue weighted by Gasteiger charge is -2.11. The van der Waals surface area contributed by atoms with Crippen molar-refractivity contribution in [2.24, 2.45) is 0 Å². The van der Waals surface area contributed by atoms with E-state index in [1.165, 1.54) is 11.1 Å². The van der Waals surface area contributed by atoms with Gasteiger partial charge in [-0.15, -0.1) is 0 Å². The molecule has 3 nitrogen and oxygen atoms in total. The Bertz CT molecular complexity index is 2480. The number of aromatic nitrogens is 2. The third-order valence-corrected chi connectivity index (χ3v) is 8.91. The molecule has 0 bridgehead atoms. The first-order valence-electron chi connectivity index (χ1n) is 15.8. The highest BCUT2D eigenvalue weighted by Gasteiger charge is 2.16. The van der Waals surface area contributed by atoms with Gasteiger partial charge in [0.05, 0.1) is 11.4 Å². The summed E-state index contributed by atoms with van der Waals surface area (Å²) in [5, 5.41) is 4.51. The van der Waals surface area contributed by atoms with Crippen LogP contribution in [0.1, 0.15) is 0 Å². The molecule has 2 heterocycles. The van der Waals surface area contributed by atoms with Crippen LogP contribution in [0.3, 0.4) is 0 Å². The van der Waals surface area contributed by atoms with E-state index in [1.807, 2.05) is 42.5 Å². The molecule has 0 radical (unpaired) electrons. The fourth-order valence-electron chi connectivity index (χ4n) is 6.54. The van der Waals surface area contributed by atoms with Crippen LogP contribution < -0.4 is 0 Å². The molecule has 7 aromatic carbocycles. The van der Waals surface area contributed by atoms with Gasteiger partial charge in [0.25, 0.3) is 0 Å². The minimum atomic E-state index is 0.713. The molecule has 0 aliphatic heterocycles. The van der Waals surface area contributed by atoms with Gasteiger partial charge in [0, 0.05) is 32.8 Å². The molecule has 0 aliphatic carbocycles. The predicted molar refractivity (Wildman–Crippen MR) is 194 cm³/mol. The van der Waals surface area contributed by atoms with Crippen LogP contribution in [0.4, 0.5) is 0 Å². The highest BCUT2D eigenvalue weighted by atomic mass is 16.3. The molecule has 47 heavy (non-hydrogen) atoms. The van der Waals surface area contributed by atoms with Crippen LogP contribution in [0.25, 0.3) is 88.9 Å². The molecule has 0 saturated heterocycles. The maximum atomic E-state index is 6.58. The summed E-state index contributed by atoms with van der Waals surface area (Å²) in [6, 6.07) is 59.1. The first-order valence-corrected chi connectivity index (χ1v) is 15.8. The van der Waals surface area contributed by atoms with E-state index in [2.05, 4.69) is 127 Å². The van der Waals surface area contributed by atoms with Gasteiger partial charge in [-0.2, -0.15) is 0 Å². The Hall–Kier alpha value is -6.32. The SMILES string of the molecule is c1ccc(-c2ccc3c(c2)oc2c4ccccc4c(-c4ccc(-c5cc(-c6ccccc6)nc(-c6ccccc6)n5)cc4)cc32)cc1. The van der Waals surface area contributed by atoms with Crippen molar-refractivity contribution in [2.45, 2.75) is 0 Å². The fourth-order valence-corrected chi connectivity index (χ4v) is 6.54. The van der Waals surface area contributed by atoms with E-state index < -0.39 is 0 Å². The summed E-state index contributed by atoms with van der Waals surface area (Å²) in [7, 11) is 0. The van der Waals surface area contributed by atoms with Crippen molar-refractivity contribution in [3.05, 3.63) is 170 Å². The summed E-state index contributed by atoms with van der Waals surface area (Å²) < 4.78 is 6.58. The number of furan rings is 1. The molecular formula is C44H28N2O. The second kappa shape index (κ2) is 11.2. The molecule has 0 unspecified atom stereocenters. The van der Waals surface area contributed by atoms with Gasteiger partial charge in [-0.3, -0.25) is 0 Å². The van der Waals surface area contributed by atoms with Crippen LogP contribution >= 0.6 is 0 Å². The molecule has 0 spiro atoms. The van der Waals surface area contributed by atoms with E-state index in [0.29, 0.717) is 5.82 Å². The number of fused-ring (bicyclic) bond motifs is 5. The summed E-state index contributed by atoms with van der Waals surface area (Å²) >= 11 is 0. The van der Waals surface area contributed by atoms with Gasteiger partial charge < -0.3 is 4.42 Å². The molecule has 3 heteroatoms. The third kappa shape index (κ3) is 4.86. The average Bonchev–Trinajstić information content (AvgIpc) is 3.53. The van der Waals surface area contributed by atoms with Crippen molar-refractivity contribution >= 4 is 32.7 Å². The van der Waals surface area contributed by atoms with Crippen molar-refractivity contribution in [3.8, 4) is 56.2 Å². The Kier molecular flexibility index (Phi) is 6.46. The maximum Gasteiger partial charge on any atom is 0.160 e. The number of hydrogen-bond donors (Lipinski definition) is 0. The molecule has 0 saturated carbocycles. The first-order chi connectivity index (χ1) is 23.3. The lowest BCUT2D eigenvalue weighted by Crippen LogP contribution is -1.95. The summed E-state index contributed by atoms with van der Waals surface area (Å²) in [6.45, 7) is 0. The van der Waals surface area contributed by atoms with E-state index in [0.717, 1.165) is 71.9 Å². The standard InChI is InChI=1S/C44H28N2O/c1-4-12-29(13-5-1)34-24-25-36-39-27-38(35-18-10-11-19-37(35)43(39)47-42(36)26-34)30-20-22-32(23-21-30)41-28-40(31-14-6-2-7-15-31)45-44(46-41)33-16-8-3-9-17-33/h1-28H. The van der Waals surface area contributed by atoms with Crippen LogP contribution in [0.2, 0.25) is 0 Å².